The molecular formula is C13H21NO3. The highest BCUT2D eigenvalue weighted by Crippen LogP contribution is 2.51. The van der Waals surface area contributed by atoms with Crippen LogP contribution in [0.25, 0.3) is 0 Å². The largest absolute Gasteiger partial charge is 0.443 e. The van der Waals surface area contributed by atoms with Crippen molar-refractivity contribution >= 4 is 12.0 Å². The van der Waals surface area contributed by atoms with Gasteiger partial charge in [-0.2, -0.15) is 0 Å². The van der Waals surface area contributed by atoms with Crippen LogP contribution in [0.15, 0.2) is 0 Å². The van der Waals surface area contributed by atoms with E-state index in [1.165, 1.54) is 4.90 Å². The average Bonchev–Trinajstić information content (AvgIpc) is 2.05. The molecule has 0 radical (unpaired) electrons. The summed E-state index contributed by atoms with van der Waals surface area (Å²) < 4.78 is 5.32. The lowest BCUT2D eigenvalue weighted by atomic mass is 9.68. The van der Waals surface area contributed by atoms with Crippen LogP contribution in [0.4, 0.5) is 4.79 Å². The summed E-state index contributed by atoms with van der Waals surface area (Å²) in [4.78, 5) is 25.6. The average molecular weight is 239 g/mol. The molecule has 96 valence electrons. The SMILES string of the molecule is CC(C)(C)OC(=O)N1C(=O)C2CCC2C1(C)C. The van der Waals surface area contributed by atoms with Gasteiger partial charge in [0, 0.05) is 5.92 Å². The molecule has 1 saturated heterocycles. The standard InChI is InChI=1S/C13H21NO3/c1-12(2,3)17-11(16)14-10(15)8-6-7-9(8)13(14,4)5/h8-9H,6-7H2,1-5H3. The van der Waals surface area contributed by atoms with E-state index in [1.54, 1.807) is 0 Å². The molecule has 2 amide bonds. The Labute approximate surface area is 102 Å². The second-order valence-electron chi connectivity index (χ2n) is 6.60. The molecule has 4 heteroatoms. The van der Waals surface area contributed by atoms with Crippen LogP contribution in [0.5, 0.6) is 0 Å². The number of carbonyl (C=O) groups is 2. The minimum atomic E-state index is -0.560. The van der Waals surface area contributed by atoms with Crippen molar-refractivity contribution in [1.29, 1.82) is 0 Å². The van der Waals surface area contributed by atoms with E-state index in [4.69, 9.17) is 4.74 Å². The van der Waals surface area contributed by atoms with Crippen LogP contribution in [0.1, 0.15) is 47.5 Å². The van der Waals surface area contributed by atoms with Gasteiger partial charge in [-0.05, 0) is 53.4 Å². The lowest BCUT2D eigenvalue weighted by Gasteiger charge is -2.38. The molecule has 2 unspecified atom stereocenters. The van der Waals surface area contributed by atoms with Crippen LogP contribution in [0.3, 0.4) is 0 Å². The van der Waals surface area contributed by atoms with Crippen molar-refractivity contribution in [2.24, 2.45) is 11.8 Å². The minimum Gasteiger partial charge on any atom is -0.443 e. The van der Waals surface area contributed by atoms with E-state index in [9.17, 15) is 9.59 Å². The van der Waals surface area contributed by atoms with E-state index >= 15 is 0 Å². The normalized spacial score (nSPS) is 30.9. The highest BCUT2D eigenvalue weighted by Gasteiger charge is 2.60. The first-order chi connectivity index (χ1) is 7.64. The number of ether oxygens (including phenoxy) is 1. The smallest absolute Gasteiger partial charge is 0.417 e. The quantitative estimate of drug-likeness (QED) is 0.652. The summed E-state index contributed by atoms with van der Waals surface area (Å²) in [6.07, 6.45) is 1.44. The van der Waals surface area contributed by atoms with E-state index in [0.29, 0.717) is 5.92 Å². The molecule has 0 aromatic rings. The molecule has 1 aliphatic carbocycles. The number of amides is 2. The molecule has 1 heterocycles. The molecule has 0 spiro atoms. The molecule has 0 N–H and O–H groups in total. The molecule has 4 nitrogen and oxygen atoms in total. The van der Waals surface area contributed by atoms with Gasteiger partial charge in [-0.15, -0.1) is 0 Å². The number of likely N-dealkylation sites (tertiary alicyclic amines) is 1. The van der Waals surface area contributed by atoms with Gasteiger partial charge in [0.15, 0.2) is 0 Å². The zero-order valence-corrected chi connectivity index (χ0v) is 11.2. The molecule has 2 rings (SSSR count). The maximum absolute atomic E-state index is 12.1. The second kappa shape index (κ2) is 3.47. The van der Waals surface area contributed by atoms with Crippen molar-refractivity contribution in [3.8, 4) is 0 Å². The Hall–Kier alpha value is -1.06. The molecule has 2 fully saturated rings. The highest BCUT2D eigenvalue weighted by atomic mass is 16.6. The summed E-state index contributed by atoms with van der Waals surface area (Å²) in [5.41, 5.74) is -0.961. The molecule has 0 aromatic carbocycles. The summed E-state index contributed by atoms with van der Waals surface area (Å²) in [6.45, 7) is 9.35. The van der Waals surface area contributed by atoms with Gasteiger partial charge in [-0.3, -0.25) is 4.79 Å². The van der Waals surface area contributed by atoms with Crippen molar-refractivity contribution in [2.75, 3.05) is 0 Å². The van der Waals surface area contributed by atoms with Crippen molar-refractivity contribution in [2.45, 2.75) is 58.6 Å². The fourth-order valence-electron chi connectivity index (χ4n) is 2.89. The van der Waals surface area contributed by atoms with Gasteiger partial charge in [0.2, 0.25) is 5.91 Å². The Morgan fingerprint density at radius 3 is 2.24 bits per heavy atom. The Morgan fingerprint density at radius 1 is 1.35 bits per heavy atom. The van der Waals surface area contributed by atoms with Gasteiger partial charge in [-0.1, -0.05) is 0 Å². The number of imide groups is 1. The van der Waals surface area contributed by atoms with Gasteiger partial charge < -0.3 is 4.74 Å². The maximum Gasteiger partial charge on any atom is 0.417 e. The molecule has 17 heavy (non-hydrogen) atoms. The van der Waals surface area contributed by atoms with Gasteiger partial charge in [0.1, 0.15) is 5.60 Å². The number of nitrogens with zero attached hydrogens (tertiary/aromatic N) is 1. The van der Waals surface area contributed by atoms with Crippen molar-refractivity contribution in [3.63, 3.8) is 0 Å². The molecule has 1 aliphatic heterocycles. The monoisotopic (exact) mass is 239 g/mol. The molecule has 1 saturated carbocycles. The van der Waals surface area contributed by atoms with Crippen molar-refractivity contribution in [1.82, 2.24) is 4.90 Å². The van der Waals surface area contributed by atoms with Crippen molar-refractivity contribution in [3.05, 3.63) is 0 Å². The van der Waals surface area contributed by atoms with E-state index in [1.807, 2.05) is 34.6 Å². The zero-order chi connectivity index (χ0) is 13.0. The summed E-state index contributed by atoms with van der Waals surface area (Å²) in [5.74, 6) is 0.292. The maximum atomic E-state index is 12.1. The van der Waals surface area contributed by atoms with E-state index in [-0.39, 0.29) is 11.8 Å². The van der Waals surface area contributed by atoms with E-state index in [0.717, 1.165) is 12.8 Å². The second-order valence-corrected chi connectivity index (χ2v) is 6.60. The third-order valence-corrected chi connectivity index (χ3v) is 3.87. The van der Waals surface area contributed by atoms with Gasteiger partial charge >= 0.3 is 6.09 Å². The van der Waals surface area contributed by atoms with Gasteiger partial charge in [0.05, 0.1) is 5.54 Å². The van der Waals surface area contributed by atoms with E-state index < -0.39 is 17.2 Å². The van der Waals surface area contributed by atoms with Crippen LogP contribution < -0.4 is 0 Å². The summed E-state index contributed by atoms with van der Waals surface area (Å²) >= 11 is 0. The fraction of sp³-hybridized carbons (Fsp3) is 0.846. The van der Waals surface area contributed by atoms with Crippen LogP contribution in [0, 0.1) is 11.8 Å². The Bertz CT molecular complexity index is 367. The first kappa shape index (κ1) is 12.4. The Balaban J connectivity index is 2.20. The minimum absolute atomic E-state index is 0.0394. The summed E-state index contributed by atoms with van der Waals surface area (Å²) in [6, 6.07) is 0. The predicted octanol–water partition coefficient (Wildman–Crippen LogP) is 2.57. The third-order valence-electron chi connectivity index (χ3n) is 3.87. The first-order valence-corrected chi connectivity index (χ1v) is 6.21. The number of carbonyl (C=O) groups excluding carboxylic acids is 2. The molecule has 2 atom stereocenters. The molecule has 0 aromatic heterocycles. The Morgan fingerprint density at radius 2 is 1.94 bits per heavy atom. The highest BCUT2D eigenvalue weighted by molar-refractivity contribution is 5.97. The summed E-state index contributed by atoms with van der Waals surface area (Å²) in [5, 5.41) is 0. The summed E-state index contributed by atoms with van der Waals surface area (Å²) in [7, 11) is 0. The van der Waals surface area contributed by atoms with Gasteiger partial charge in [-0.25, -0.2) is 9.69 Å². The predicted molar refractivity (Wildman–Crippen MR) is 63.4 cm³/mol. The topological polar surface area (TPSA) is 46.6 Å². The van der Waals surface area contributed by atoms with E-state index in [2.05, 4.69) is 0 Å². The zero-order valence-electron chi connectivity index (χ0n) is 11.2. The van der Waals surface area contributed by atoms with Crippen LogP contribution in [-0.4, -0.2) is 28.0 Å². The number of hydrogen-bond acceptors (Lipinski definition) is 3. The Kier molecular flexibility index (Phi) is 2.53. The third kappa shape index (κ3) is 1.83. The number of hydrogen-bond donors (Lipinski definition) is 0. The molecular weight excluding hydrogens is 218 g/mol. The lowest BCUT2D eigenvalue weighted by Crippen LogP contribution is -2.49. The fourth-order valence-corrected chi connectivity index (χ4v) is 2.89. The van der Waals surface area contributed by atoms with Crippen LogP contribution in [-0.2, 0) is 9.53 Å². The first-order valence-electron chi connectivity index (χ1n) is 6.21. The van der Waals surface area contributed by atoms with Crippen LogP contribution >= 0.6 is 0 Å². The number of rotatable bonds is 0. The molecule has 0 bridgehead atoms. The number of fused-ring (bicyclic) bond motifs is 1. The molecule has 2 aliphatic rings. The van der Waals surface area contributed by atoms with Crippen LogP contribution in [0.2, 0.25) is 0 Å². The lowest BCUT2D eigenvalue weighted by molar-refractivity contribution is -0.133. The van der Waals surface area contributed by atoms with Gasteiger partial charge in [0.25, 0.3) is 0 Å². The van der Waals surface area contributed by atoms with Crippen molar-refractivity contribution < 1.29 is 14.3 Å².